The van der Waals surface area contributed by atoms with E-state index in [2.05, 4.69) is 0 Å². The molecule has 74 valence electrons. The van der Waals surface area contributed by atoms with Gasteiger partial charge in [0, 0.05) is 10.6 Å². The molecule has 0 aliphatic carbocycles. The van der Waals surface area contributed by atoms with Crippen LogP contribution in [0.4, 0.5) is 0 Å². The quantitative estimate of drug-likeness (QED) is 0.534. The third-order valence-electron chi connectivity index (χ3n) is 1.87. The van der Waals surface area contributed by atoms with Crippen molar-refractivity contribution in [2.24, 2.45) is 0 Å². The number of ketones is 1. The SMILES string of the molecule is CC(C)=CC(=O)c1ccc(Cl)cc1C. The molecule has 0 N–H and O–H groups in total. The Morgan fingerprint density at radius 2 is 2.00 bits per heavy atom. The Morgan fingerprint density at radius 1 is 1.36 bits per heavy atom. The Labute approximate surface area is 89.4 Å². The van der Waals surface area contributed by atoms with Gasteiger partial charge in [0.25, 0.3) is 0 Å². The molecule has 1 nitrogen and oxygen atoms in total. The monoisotopic (exact) mass is 208 g/mol. The van der Waals surface area contributed by atoms with Crippen molar-refractivity contribution in [3.63, 3.8) is 0 Å². The summed E-state index contributed by atoms with van der Waals surface area (Å²) in [6.07, 6.45) is 1.64. The molecule has 2 heteroatoms. The zero-order chi connectivity index (χ0) is 10.7. The van der Waals surface area contributed by atoms with Gasteiger partial charge in [-0.15, -0.1) is 0 Å². The maximum absolute atomic E-state index is 11.7. The van der Waals surface area contributed by atoms with E-state index in [0.717, 1.165) is 16.7 Å². The Kier molecular flexibility index (Phi) is 3.48. The molecule has 0 bridgehead atoms. The number of halogens is 1. The van der Waals surface area contributed by atoms with Crippen LogP contribution >= 0.6 is 11.6 Å². The van der Waals surface area contributed by atoms with E-state index in [0.29, 0.717) is 5.02 Å². The van der Waals surface area contributed by atoms with Gasteiger partial charge in [-0.2, -0.15) is 0 Å². The molecule has 0 aliphatic rings. The largest absolute Gasteiger partial charge is 0.289 e. The molecular weight excluding hydrogens is 196 g/mol. The standard InChI is InChI=1S/C12H13ClO/c1-8(2)6-12(14)11-5-4-10(13)7-9(11)3/h4-7H,1-3H3. The third kappa shape index (κ3) is 2.71. The lowest BCUT2D eigenvalue weighted by Crippen LogP contribution is -1.98. The van der Waals surface area contributed by atoms with Crippen molar-refractivity contribution in [3.8, 4) is 0 Å². The summed E-state index contributed by atoms with van der Waals surface area (Å²) in [6.45, 7) is 5.70. The van der Waals surface area contributed by atoms with Crippen LogP contribution in [0.15, 0.2) is 29.8 Å². The number of rotatable bonds is 2. The number of allylic oxidation sites excluding steroid dienone is 2. The van der Waals surface area contributed by atoms with Gasteiger partial charge in [0.1, 0.15) is 0 Å². The van der Waals surface area contributed by atoms with E-state index >= 15 is 0 Å². The Bertz CT molecular complexity index is 387. The molecule has 1 rings (SSSR count). The Hall–Kier alpha value is -1.08. The van der Waals surface area contributed by atoms with Crippen molar-refractivity contribution in [1.82, 2.24) is 0 Å². The first-order valence-corrected chi connectivity index (χ1v) is 4.84. The fourth-order valence-electron chi connectivity index (χ4n) is 1.24. The second-order valence-electron chi connectivity index (χ2n) is 3.55. The summed E-state index contributed by atoms with van der Waals surface area (Å²) in [5.74, 6) is 0.0409. The first-order chi connectivity index (χ1) is 6.50. The van der Waals surface area contributed by atoms with Crippen LogP contribution in [-0.4, -0.2) is 5.78 Å². The lowest BCUT2D eigenvalue weighted by atomic mass is 10.0. The van der Waals surface area contributed by atoms with E-state index in [9.17, 15) is 4.79 Å². The van der Waals surface area contributed by atoms with Crippen LogP contribution in [0.1, 0.15) is 29.8 Å². The van der Waals surface area contributed by atoms with E-state index in [1.54, 1.807) is 24.3 Å². The fourth-order valence-corrected chi connectivity index (χ4v) is 1.47. The van der Waals surface area contributed by atoms with Gasteiger partial charge >= 0.3 is 0 Å². The molecule has 0 unspecified atom stereocenters. The van der Waals surface area contributed by atoms with Gasteiger partial charge in [-0.3, -0.25) is 4.79 Å². The highest BCUT2D eigenvalue weighted by Crippen LogP contribution is 2.16. The number of carbonyl (C=O) groups is 1. The summed E-state index contributed by atoms with van der Waals surface area (Å²) >= 11 is 5.80. The van der Waals surface area contributed by atoms with Crippen LogP contribution in [0.5, 0.6) is 0 Å². The predicted molar refractivity (Wildman–Crippen MR) is 60.0 cm³/mol. The second kappa shape index (κ2) is 4.43. The molecule has 0 spiro atoms. The maximum Gasteiger partial charge on any atom is 0.186 e. The van der Waals surface area contributed by atoms with Gasteiger partial charge in [-0.1, -0.05) is 17.2 Å². The molecular formula is C12H13ClO. The number of hydrogen-bond donors (Lipinski definition) is 0. The van der Waals surface area contributed by atoms with Crippen LogP contribution in [0, 0.1) is 6.92 Å². The summed E-state index contributed by atoms with van der Waals surface area (Å²) < 4.78 is 0. The topological polar surface area (TPSA) is 17.1 Å². The minimum atomic E-state index is 0.0409. The van der Waals surface area contributed by atoms with Crippen molar-refractivity contribution >= 4 is 17.4 Å². The van der Waals surface area contributed by atoms with E-state index in [1.807, 2.05) is 20.8 Å². The maximum atomic E-state index is 11.7. The molecule has 0 saturated carbocycles. The van der Waals surface area contributed by atoms with Crippen LogP contribution < -0.4 is 0 Å². The average Bonchev–Trinajstić information content (AvgIpc) is 2.01. The fraction of sp³-hybridized carbons (Fsp3) is 0.250. The molecule has 14 heavy (non-hydrogen) atoms. The van der Waals surface area contributed by atoms with Gasteiger partial charge in [-0.25, -0.2) is 0 Å². The van der Waals surface area contributed by atoms with Crippen molar-refractivity contribution in [1.29, 1.82) is 0 Å². The van der Waals surface area contributed by atoms with E-state index in [4.69, 9.17) is 11.6 Å². The number of aryl methyl sites for hydroxylation is 1. The number of carbonyl (C=O) groups excluding carboxylic acids is 1. The summed E-state index contributed by atoms with van der Waals surface area (Å²) in [5.41, 5.74) is 2.64. The van der Waals surface area contributed by atoms with Crippen LogP contribution in [-0.2, 0) is 0 Å². The van der Waals surface area contributed by atoms with Gasteiger partial charge < -0.3 is 0 Å². The highest BCUT2D eigenvalue weighted by molar-refractivity contribution is 6.30. The van der Waals surface area contributed by atoms with Crippen LogP contribution in [0.2, 0.25) is 5.02 Å². The average molecular weight is 209 g/mol. The summed E-state index contributed by atoms with van der Waals surface area (Å²) in [5, 5.41) is 0.663. The van der Waals surface area contributed by atoms with E-state index in [1.165, 1.54) is 0 Å². The van der Waals surface area contributed by atoms with E-state index < -0.39 is 0 Å². The first kappa shape index (κ1) is 11.0. The second-order valence-corrected chi connectivity index (χ2v) is 3.98. The molecule has 1 aromatic carbocycles. The van der Waals surface area contributed by atoms with Crippen LogP contribution in [0.25, 0.3) is 0 Å². The zero-order valence-electron chi connectivity index (χ0n) is 8.60. The van der Waals surface area contributed by atoms with Crippen molar-refractivity contribution in [3.05, 3.63) is 46.0 Å². The molecule has 0 amide bonds. The van der Waals surface area contributed by atoms with Gasteiger partial charge in [0.05, 0.1) is 0 Å². The summed E-state index contributed by atoms with van der Waals surface area (Å²) in [6, 6.07) is 5.30. The van der Waals surface area contributed by atoms with Crippen molar-refractivity contribution < 1.29 is 4.79 Å². The lowest BCUT2D eigenvalue weighted by Gasteiger charge is -2.02. The van der Waals surface area contributed by atoms with Gasteiger partial charge in [0.15, 0.2) is 5.78 Å². The van der Waals surface area contributed by atoms with Crippen LogP contribution in [0.3, 0.4) is 0 Å². The zero-order valence-corrected chi connectivity index (χ0v) is 9.35. The summed E-state index contributed by atoms with van der Waals surface area (Å²) in [7, 11) is 0. The molecule has 0 aromatic heterocycles. The van der Waals surface area contributed by atoms with Gasteiger partial charge in [-0.05, 0) is 50.6 Å². The molecule has 0 saturated heterocycles. The smallest absolute Gasteiger partial charge is 0.186 e. The highest BCUT2D eigenvalue weighted by atomic mass is 35.5. The molecule has 0 radical (unpaired) electrons. The summed E-state index contributed by atoms with van der Waals surface area (Å²) in [4.78, 5) is 11.7. The normalized spacial score (nSPS) is 9.71. The third-order valence-corrected chi connectivity index (χ3v) is 2.11. The minimum absolute atomic E-state index is 0.0409. The number of benzene rings is 1. The lowest BCUT2D eigenvalue weighted by molar-refractivity contribution is 0.104. The minimum Gasteiger partial charge on any atom is -0.289 e. The molecule has 0 fully saturated rings. The highest BCUT2D eigenvalue weighted by Gasteiger charge is 2.05. The predicted octanol–water partition coefficient (Wildman–Crippen LogP) is 3.80. The Balaban J connectivity index is 3.08. The van der Waals surface area contributed by atoms with Crippen molar-refractivity contribution in [2.75, 3.05) is 0 Å². The van der Waals surface area contributed by atoms with E-state index in [-0.39, 0.29) is 5.78 Å². The Morgan fingerprint density at radius 3 is 2.50 bits per heavy atom. The van der Waals surface area contributed by atoms with Gasteiger partial charge in [0.2, 0.25) is 0 Å². The number of hydrogen-bond acceptors (Lipinski definition) is 1. The molecule has 0 aliphatic heterocycles. The van der Waals surface area contributed by atoms with Crippen molar-refractivity contribution in [2.45, 2.75) is 20.8 Å². The molecule has 1 aromatic rings. The molecule has 0 heterocycles. The first-order valence-electron chi connectivity index (χ1n) is 4.46. The molecule has 0 atom stereocenters.